The molecular formula is C31H42N4O4. The molecule has 3 amide bonds. The number of hydrogen-bond donors (Lipinski definition) is 2. The molecule has 8 heteroatoms. The van der Waals surface area contributed by atoms with Crippen molar-refractivity contribution in [2.45, 2.75) is 64.6 Å². The molecule has 2 unspecified atom stereocenters. The fourth-order valence-electron chi connectivity index (χ4n) is 5.81. The van der Waals surface area contributed by atoms with Gasteiger partial charge in [0.15, 0.2) is 0 Å². The van der Waals surface area contributed by atoms with Gasteiger partial charge >= 0.3 is 0 Å². The predicted octanol–water partition coefficient (Wildman–Crippen LogP) is 2.91. The van der Waals surface area contributed by atoms with Gasteiger partial charge in [-0.1, -0.05) is 54.1 Å². The summed E-state index contributed by atoms with van der Waals surface area (Å²) < 4.78 is 5.97. The summed E-state index contributed by atoms with van der Waals surface area (Å²) in [4.78, 5) is 43.9. The van der Waals surface area contributed by atoms with E-state index in [2.05, 4.69) is 29.6 Å². The van der Waals surface area contributed by atoms with E-state index in [4.69, 9.17) is 10.5 Å². The number of hydrogen-bond acceptors (Lipinski definition) is 5. The van der Waals surface area contributed by atoms with E-state index < -0.39 is 22.9 Å². The van der Waals surface area contributed by atoms with Crippen molar-refractivity contribution in [1.82, 2.24) is 15.1 Å². The molecule has 0 aromatic heterocycles. The first kappa shape index (κ1) is 28.8. The smallest absolute Gasteiger partial charge is 0.247 e. The summed E-state index contributed by atoms with van der Waals surface area (Å²) in [6.07, 6.45) is 1.43. The summed E-state index contributed by atoms with van der Waals surface area (Å²) in [5.74, 6) is -0.618. The molecular weight excluding hydrogens is 492 g/mol. The number of amides is 3. The molecule has 0 saturated carbocycles. The number of aryl methyl sites for hydroxylation is 2. The highest BCUT2D eigenvalue weighted by atomic mass is 16.5. The zero-order chi connectivity index (χ0) is 28.4. The molecule has 2 aliphatic rings. The van der Waals surface area contributed by atoms with Gasteiger partial charge in [-0.25, -0.2) is 0 Å². The molecule has 4 rings (SSSR count). The number of carbonyl (C=O) groups excluding carboxylic acids is 3. The van der Waals surface area contributed by atoms with Crippen molar-refractivity contribution in [3.05, 3.63) is 70.8 Å². The molecule has 39 heavy (non-hydrogen) atoms. The van der Waals surface area contributed by atoms with E-state index in [0.29, 0.717) is 32.7 Å². The van der Waals surface area contributed by atoms with Gasteiger partial charge in [0.1, 0.15) is 6.04 Å². The summed E-state index contributed by atoms with van der Waals surface area (Å²) in [7, 11) is 1.84. The lowest BCUT2D eigenvalue weighted by atomic mass is 9.69. The second-order valence-corrected chi connectivity index (χ2v) is 11.9. The molecule has 2 heterocycles. The van der Waals surface area contributed by atoms with Crippen LogP contribution in [0.15, 0.2) is 48.5 Å². The number of nitrogens with zero attached hydrogens (tertiary/aromatic N) is 2. The number of carbonyl (C=O) groups is 3. The largest absolute Gasteiger partial charge is 0.374 e. The van der Waals surface area contributed by atoms with Crippen LogP contribution in [-0.2, 0) is 25.7 Å². The van der Waals surface area contributed by atoms with Gasteiger partial charge in [0.2, 0.25) is 17.7 Å². The van der Waals surface area contributed by atoms with Gasteiger partial charge in [-0.05, 0) is 57.2 Å². The second-order valence-electron chi connectivity index (χ2n) is 11.9. The van der Waals surface area contributed by atoms with E-state index >= 15 is 0 Å². The zero-order valence-electron chi connectivity index (χ0n) is 23.8. The molecule has 0 radical (unpaired) electrons. The Hall–Kier alpha value is -3.23. The average molecular weight is 535 g/mol. The molecule has 0 bridgehead atoms. The highest BCUT2D eigenvalue weighted by Gasteiger charge is 2.55. The lowest BCUT2D eigenvalue weighted by Crippen LogP contribution is -2.60. The van der Waals surface area contributed by atoms with Crippen LogP contribution in [0.3, 0.4) is 0 Å². The van der Waals surface area contributed by atoms with Crippen molar-refractivity contribution in [3.63, 3.8) is 0 Å². The summed E-state index contributed by atoms with van der Waals surface area (Å²) >= 11 is 0. The van der Waals surface area contributed by atoms with Gasteiger partial charge < -0.3 is 25.6 Å². The molecule has 2 aromatic carbocycles. The van der Waals surface area contributed by atoms with E-state index in [0.717, 1.165) is 28.7 Å². The van der Waals surface area contributed by atoms with E-state index in [-0.39, 0.29) is 24.3 Å². The van der Waals surface area contributed by atoms with Gasteiger partial charge in [0, 0.05) is 32.6 Å². The molecule has 210 valence electrons. The Balaban J connectivity index is 1.55. The summed E-state index contributed by atoms with van der Waals surface area (Å²) in [5, 5.41) is 2.83. The van der Waals surface area contributed by atoms with Gasteiger partial charge in [0.25, 0.3) is 0 Å². The van der Waals surface area contributed by atoms with Crippen LogP contribution in [0, 0.1) is 19.3 Å². The monoisotopic (exact) mass is 534 g/mol. The quantitative estimate of drug-likeness (QED) is 0.542. The van der Waals surface area contributed by atoms with Crippen LogP contribution in [0.25, 0.3) is 0 Å². The minimum Gasteiger partial charge on any atom is -0.374 e. The number of ether oxygens (including phenoxy) is 1. The summed E-state index contributed by atoms with van der Waals surface area (Å²) in [6, 6.07) is 15.3. The average Bonchev–Trinajstić information content (AvgIpc) is 3.13. The fraction of sp³-hybridized carbons (Fsp3) is 0.516. The molecule has 3 N–H and O–H groups in total. The lowest BCUT2D eigenvalue weighted by Gasteiger charge is -2.43. The summed E-state index contributed by atoms with van der Waals surface area (Å²) in [5.41, 5.74) is 8.58. The van der Waals surface area contributed by atoms with Crippen molar-refractivity contribution in [2.24, 2.45) is 11.1 Å². The fourth-order valence-corrected chi connectivity index (χ4v) is 5.81. The minimum absolute atomic E-state index is 0.00767. The van der Waals surface area contributed by atoms with Crippen LogP contribution in [0.2, 0.25) is 0 Å². The summed E-state index contributed by atoms with van der Waals surface area (Å²) in [6.45, 7) is 9.04. The van der Waals surface area contributed by atoms with E-state index in [1.165, 1.54) is 0 Å². The third-order valence-electron chi connectivity index (χ3n) is 8.20. The van der Waals surface area contributed by atoms with Crippen LogP contribution in [-0.4, -0.2) is 72.4 Å². The van der Waals surface area contributed by atoms with Gasteiger partial charge in [-0.2, -0.15) is 0 Å². The SMILES string of the molecule is Cc1ccc(C2CN(C)C(=O)C23CCCN(C(=O)[C@@H](COCc2ccccc2C)NC(=O)C(C)(C)N)C3)cc1. The maximum Gasteiger partial charge on any atom is 0.247 e. The maximum atomic E-state index is 14.0. The highest BCUT2D eigenvalue weighted by molar-refractivity contribution is 5.92. The van der Waals surface area contributed by atoms with E-state index in [1.807, 2.05) is 45.2 Å². The third kappa shape index (κ3) is 6.17. The topological polar surface area (TPSA) is 105 Å². The van der Waals surface area contributed by atoms with Gasteiger partial charge in [0.05, 0.1) is 24.2 Å². The number of likely N-dealkylation sites (N-methyl/N-ethyl adjacent to an activating group) is 1. The predicted molar refractivity (Wildman–Crippen MR) is 151 cm³/mol. The number of piperidine rings is 1. The van der Waals surface area contributed by atoms with Gasteiger partial charge in [-0.15, -0.1) is 0 Å². The molecule has 2 fully saturated rings. The standard InChI is InChI=1S/C31H42N4O4/c1-21-11-13-23(14-12-21)25-17-34(5)29(38)31(25)15-8-16-35(20-31)27(36)26(33-28(37)30(3,4)32)19-39-18-24-10-7-6-9-22(24)2/h6-7,9-14,25-26H,8,15-20,32H2,1-5H3,(H,33,37)/t25?,26-,31?/m1/s1. The van der Waals surface area contributed by atoms with E-state index in [9.17, 15) is 14.4 Å². The van der Waals surface area contributed by atoms with Crippen LogP contribution in [0.5, 0.6) is 0 Å². The maximum absolute atomic E-state index is 14.0. The Labute approximate surface area is 231 Å². The lowest BCUT2D eigenvalue weighted by molar-refractivity contribution is -0.147. The molecule has 2 aromatic rings. The normalized spacial score (nSPS) is 22.3. The number of likely N-dealkylation sites (tertiary alicyclic amines) is 2. The Morgan fingerprint density at radius 2 is 1.85 bits per heavy atom. The first-order valence-electron chi connectivity index (χ1n) is 13.8. The number of nitrogens with one attached hydrogen (secondary N) is 1. The number of nitrogens with two attached hydrogens (primary N) is 1. The second kappa shape index (κ2) is 11.5. The van der Waals surface area contributed by atoms with Crippen LogP contribution in [0.4, 0.5) is 0 Å². The van der Waals surface area contributed by atoms with Crippen molar-refractivity contribution in [1.29, 1.82) is 0 Å². The Morgan fingerprint density at radius 3 is 2.51 bits per heavy atom. The van der Waals surface area contributed by atoms with E-state index in [1.54, 1.807) is 23.6 Å². The molecule has 0 aliphatic carbocycles. The Kier molecular flexibility index (Phi) is 8.47. The molecule has 3 atom stereocenters. The van der Waals surface area contributed by atoms with Crippen LogP contribution in [0.1, 0.15) is 54.9 Å². The first-order valence-corrected chi connectivity index (χ1v) is 13.8. The number of rotatable bonds is 8. The van der Waals surface area contributed by atoms with Crippen molar-refractivity contribution >= 4 is 17.7 Å². The van der Waals surface area contributed by atoms with Crippen LogP contribution < -0.4 is 11.1 Å². The Morgan fingerprint density at radius 1 is 1.15 bits per heavy atom. The van der Waals surface area contributed by atoms with Crippen molar-refractivity contribution < 1.29 is 19.1 Å². The molecule has 8 nitrogen and oxygen atoms in total. The Bertz CT molecular complexity index is 1210. The zero-order valence-corrected chi connectivity index (χ0v) is 23.8. The van der Waals surface area contributed by atoms with Crippen molar-refractivity contribution in [2.75, 3.05) is 33.3 Å². The molecule has 2 saturated heterocycles. The van der Waals surface area contributed by atoms with Crippen molar-refractivity contribution in [3.8, 4) is 0 Å². The highest BCUT2D eigenvalue weighted by Crippen LogP contribution is 2.49. The third-order valence-corrected chi connectivity index (χ3v) is 8.20. The van der Waals surface area contributed by atoms with Gasteiger partial charge in [-0.3, -0.25) is 14.4 Å². The first-order chi connectivity index (χ1) is 18.4. The minimum atomic E-state index is -1.15. The molecule has 2 aliphatic heterocycles. The van der Waals surface area contributed by atoms with Crippen LogP contribution >= 0.6 is 0 Å². The molecule has 1 spiro atoms. The number of benzene rings is 2.